The van der Waals surface area contributed by atoms with Gasteiger partial charge in [-0.1, -0.05) is 19.8 Å². The lowest BCUT2D eigenvalue weighted by Gasteiger charge is -2.25. The molecule has 1 N–H and O–H groups in total. The molecule has 96 valence electrons. The Hall–Kier alpha value is -0.120. The summed E-state index contributed by atoms with van der Waals surface area (Å²) in [6.45, 7) is 6.78. The molecule has 1 aliphatic carbocycles. The Kier molecular flexibility index (Phi) is 7.01. The predicted octanol–water partition coefficient (Wildman–Crippen LogP) is 2.21. The van der Waals surface area contributed by atoms with Gasteiger partial charge in [0.2, 0.25) is 0 Å². The topological polar surface area (TPSA) is 30.5 Å². The Morgan fingerprint density at radius 3 is 2.50 bits per heavy atom. The van der Waals surface area contributed by atoms with Crippen molar-refractivity contribution >= 4 is 0 Å². The summed E-state index contributed by atoms with van der Waals surface area (Å²) < 4.78 is 10.9. The first-order chi connectivity index (χ1) is 7.77. The van der Waals surface area contributed by atoms with Crippen LogP contribution in [0.4, 0.5) is 0 Å². The molecule has 0 saturated heterocycles. The van der Waals surface area contributed by atoms with E-state index in [4.69, 9.17) is 9.47 Å². The molecule has 2 atom stereocenters. The normalized spacial score (nSPS) is 21.2. The van der Waals surface area contributed by atoms with Gasteiger partial charge >= 0.3 is 0 Å². The highest BCUT2D eigenvalue weighted by Crippen LogP contribution is 2.27. The number of methoxy groups -OCH3 is 1. The fourth-order valence-electron chi connectivity index (χ4n) is 2.53. The summed E-state index contributed by atoms with van der Waals surface area (Å²) in [5, 5.41) is 3.56. The number of ether oxygens (including phenoxy) is 2. The molecule has 1 fully saturated rings. The van der Waals surface area contributed by atoms with Crippen LogP contribution in [0.5, 0.6) is 0 Å². The Bertz CT molecular complexity index is 169. The van der Waals surface area contributed by atoms with Gasteiger partial charge in [0.25, 0.3) is 0 Å². The molecule has 0 amide bonds. The third-order valence-corrected chi connectivity index (χ3v) is 3.40. The zero-order chi connectivity index (χ0) is 11.8. The fourth-order valence-corrected chi connectivity index (χ4v) is 2.53. The van der Waals surface area contributed by atoms with Gasteiger partial charge in [0, 0.05) is 13.2 Å². The maximum absolute atomic E-state index is 5.82. The maximum Gasteiger partial charge on any atom is 0.0781 e. The van der Waals surface area contributed by atoms with Crippen molar-refractivity contribution in [3.05, 3.63) is 0 Å². The quantitative estimate of drug-likeness (QED) is 0.692. The van der Waals surface area contributed by atoms with Gasteiger partial charge in [0.15, 0.2) is 0 Å². The fraction of sp³-hybridized carbons (Fsp3) is 1.00. The molecule has 0 heterocycles. The number of rotatable bonds is 8. The molecule has 0 bridgehead atoms. The predicted molar refractivity (Wildman–Crippen MR) is 66.7 cm³/mol. The van der Waals surface area contributed by atoms with E-state index >= 15 is 0 Å². The van der Waals surface area contributed by atoms with Crippen LogP contribution >= 0.6 is 0 Å². The van der Waals surface area contributed by atoms with E-state index in [2.05, 4.69) is 19.2 Å². The van der Waals surface area contributed by atoms with Crippen molar-refractivity contribution in [3.8, 4) is 0 Å². The summed E-state index contributed by atoms with van der Waals surface area (Å²) in [4.78, 5) is 0. The maximum atomic E-state index is 5.82. The van der Waals surface area contributed by atoms with Crippen LogP contribution in [0.25, 0.3) is 0 Å². The average Bonchev–Trinajstić information content (AvgIpc) is 2.78. The lowest BCUT2D eigenvalue weighted by Crippen LogP contribution is -2.40. The van der Waals surface area contributed by atoms with Crippen molar-refractivity contribution in [2.45, 2.75) is 51.7 Å². The summed E-state index contributed by atoms with van der Waals surface area (Å²) in [6.07, 6.45) is 5.70. The third-order valence-electron chi connectivity index (χ3n) is 3.40. The second-order valence-corrected chi connectivity index (χ2v) is 4.81. The van der Waals surface area contributed by atoms with E-state index in [1.165, 1.54) is 25.7 Å². The highest BCUT2D eigenvalue weighted by atomic mass is 16.5. The summed E-state index contributed by atoms with van der Waals surface area (Å²) in [5.41, 5.74) is 0. The van der Waals surface area contributed by atoms with Gasteiger partial charge in [0.1, 0.15) is 0 Å². The molecular formula is C13H27NO2. The van der Waals surface area contributed by atoms with Crippen LogP contribution < -0.4 is 5.32 Å². The van der Waals surface area contributed by atoms with E-state index < -0.39 is 0 Å². The van der Waals surface area contributed by atoms with Crippen molar-refractivity contribution in [2.75, 3.05) is 26.9 Å². The summed E-state index contributed by atoms with van der Waals surface area (Å²) in [6, 6.07) is 0.534. The minimum atomic E-state index is 0.201. The molecule has 0 aromatic heterocycles. The lowest BCUT2D eigenvalue weighted by atomic mass is 9.99. The Balaban J connectivity index is 2.26. The number of likely N-dealkylation sites (N-methyl/N-ethyl adjacent to an activating group) is 1. The third kappa shape index (κ3) is 4.81. The van der Waals surface area contributed by atoms with Crippen LogP contribution in [0.15, 0.2) is 0 Å². The highest BCUT2D eigenvalue weighted by Gasteiger charge is 2.24. The summed E-state index contributed by atoms with van der Waals surface area (Å²) in [7, 11) is 1.72. The molecule has 2 unspecified atom stereocenters. The number of hydrogen-bond acceptors (Lipinski definition) is 3. The van der Waals surface area contributed by atoms with E-state index in [1.807, 2.05) is 0 Å². The summed E-state index contributed by atoms with van der Waals surface area (Å²) >= 11 is 0. The van der Waals surface area contributed by atoms with E-state index in [-0.39, 0.29) is 6.10 Å². The molecule has 0 aromatic rings. The molecular weight excluding hydrogens is 202 g/mol. The standard InChI is InChI=1S/C13H27NO2/c1-4-14-13(12-7-5-6-8-12)10-16-11(2)9-15-3/h11-14H,4-10H2,1-3H3. The lowest BCUT2D eigenvalue weighted by molar-refractivity contribution is -0.00657. The molecule has 0 spiro atoms. The molecule has 1 aliphatic rings. The Morgan fingerprint density at radius 2 is 1.94 bits per heavy atom. The highest BCUT2D eigenvalue weighted by molar-refractivity contribution is 4.80. The summed E-state index contributed by atoms with van der Waals surface area (Å²) in [5.74, 6) is 0.815. The van der Waals surface area contributed by atoms with Gasteiger partial charge in [0.05, 0.1) is 19.3 Å². The molecule has 3 heteroatoms. The van der Waals surface area contributed by atoms with E-state index in [0.29, 0.717) is 12.6 Å². The minimum absolute atomic E-state index is 0.201. The van der Waals surface area contributed by atoms with Crippen LogP contribution in [0.1, 0.15) is 39.5 Å². The molecule has 1 saturated carbocycles. The largest absolute Gasteiger partial charge is 0.382 e. The van der Waals surface area contributed by atoms with Crippen molar-refractivity contribution in [1.29, 1.82) is 0 Å². The van der Waals surface area contributed by atoms with Crippen LogP contribution in [0, 0.1) is 5.92 Å². The molecule has 1 rings (SSSR count). The van der Waals surface area contributed by atoms with Crippen molar-refractivity contribution in [1.82, 2.24) is 5.32 Å². The van der Waals surface area contributed by atoms with E-state index in [1.54, 1.807) is 7.11 Å². The van der Waals surface area contributed by atoms with Gasteiger partial charge in [-0.2, -0.15) is 0 Å². The minimum Gasteiger partial charge on any atom is -0.382 e. The van der Waals surface area contributed by atoms with E-state index in [0.717, 1.165) is 19.1 Å². The SMILES string of the molecule is CCNC(COC(C)COC)C1CCCC1. The van der Waals surface area contributed by atoms with Gasteiger partial charge in [-0.3, -0.25) is 0 Å². The molecule has 16 heavy (non-hydrogen) atoms. The molecule has 3 nitrogen and oxygen atoms in total. The Morgan fingerprint density at radius 1 is 1.25 bits per heavy atom. The monoisotopic (exact) mass is 229 g/mol. The van der Waals surface area contributed by atoms with Crippen LogP contribution in [0.3, 0.4) is 0 Å². The van der Waals surface area contributed by atoms with Crippen LogP contribution in [0.2, 0.25) is 0 Å². The first-order valence-corrected chi connectivity index (χ1v) is 6.61. The van der Waals surface area contributed by atoms with Gasteiger partial charge in [-0.25, -0.2) is 0 Å². The second-order valence-electron chi connectivity index (χ2n) is 4.81. The van der Waals surface area contributed by atoms with Crippen LogP contribution in [-0.2, 0) is 9.47 Å². The second kappa shape index (κ2) is 8.04. The molecule has 0 aromatic carbocycles. The van der Waals surface area contributed by atoms with Crippen molar-refractivity contribution in [3.63, 3.8) is 0 Å². The van der Waals surface area contributed by atoms with Gasteiger partial charge in [-0.05, 0) is 32.2 Å². The smallest absolute Gasteiger partial charge is 0.0781 e. The first kappa shape index (κ1) is 13.9. The first-order valence-electron chi connectivity index (χ1n) is 6.61. The number of nitrogens with one attached hydrogen (secondary N) is 1. The molecule has 0 radical (unpaired) electrons. The van der Waals surface area contributed by atoms with Crippen molar-refractivity contribution < 1.29 is 9.47 Å². The van der Waals surface area contributed by atoms with Gasteiger partial charge < -0.3 is 14.8 Å². The van der Waals surface area contributed by atoms with Crippen molar-refractivity contribution in [2.24, 2.45) is 5.92 Å². The Labute approximate surface area is 99.9 Å². The molecule has 0 aliphatic heterocycles. The van der Waals surface area contributed by atoms with Crippen LogP contribution in [-0.4, -0.2) is 39.0 Å². The van der Waals surface area contributed by atoms with E-state index in [9.17, 15) is 0 Å². The zero-order valence-corrected chi connectivity index (χ0v) is 11.0. The average molecular weight is 229 g/mol. The van der Waals surface area contributed by atoms with Gasteiger partial charge in [-0.15, -0.1) is 0 Å². The zero-order valence-electron chi connectivity index (χ0n) is 11.0. The number of hydrogen-bond donors (Lipinski definition) is 1.